The number of phenols is 1. The number of phenolic OH excluding ortho intramolecular Hbond substituents is 1. The molecule has 3 N–H and O–H groups in total. The lowest BCUT2D eigenvalue weighted by Crippen LogP contribution is -1.92. The summed E-state index contributed by atoms with van der Waals surface area (Å²) in [6, 6.07) is 14.5. The first-order chi connectivity index (χ1) is 7.77. The van der Waals surface area contributed by atoms with Crippen LogP contribution in [0.5, 0.6) is 5.75 Å². The SMILES string of the molecule is Nc1cccc(O)c1C=Nc1ccccc1. The summed E-state index contributed by atoms with van der Waals surface area (Å²) < 4.78 is 0. The standard InChI is InChI=1S/C13H12N2O/c14-12-7-4-8-13(16)11(12)9-15-10-5-2-1-3-6-10/h1-9,16H,14H2. The molecule has 2 rings (SSSR count). The van der Waals surface area contributed by atoms with Gasteiger partial charge in [0.1, 0.15) is 5.75 Å². The second kappa shape index (κ2) is 4.49. The van der Waals surface area contributed by atoms with Gasteiger partial charge in [-0.25, -0.2) is 0 Å². The van der Waals surface area contributed by atoms with Crippen LogP contribution in [0.1, 0.15) is 5.56 Å². The Balaban J connectivity index is 2.31. The summed E-state index contributed by atoms with van der Waals surface area (Å²) in [5.74, 6) is 0.139. The highest BCUT2D eigenvalue weighted by Gasteiger charge is 2.01. The van der Waals surface area contributed by atoms with Crippen LogP contribution in [0.15, 0.2) is 53.5 Å². The monoisotopic (exact) mass is 212 g/mol. The van der Waals surface area contributed by atoms with Crippen molar-refractivity contribution in [3.05, 3.63) is 54.1 Å². The molecule has 0 fully saturated rings. The summed E-state index contributed by atoms with van der Waals surface area (Å²) in [6.07, 6.45) is 1.57. The number of aliphatic imine (C=N–C) groups is 1. The minimum Gasteiger partial charge on any atom is -0.507 e. The number of hydrogen-bond acceptors (Lipinski definition) is 3. The molecule has 0 aliphatic heterocycles. The van der Waals surface area contributed by atoms with E-state index in [1.54, 1.807) is 24.4 Å². The molecule has 0 bridgehead atoms. The number of hydrogen-bond donors (Lipinski definition) is 2. The maximum atomic E-state index is 9.60. The van der Waals surface area contributed by atoms with Gasteiger partial charge in [0.2, 0.25) is 0 Å². The molecular formula is C13H12N2O. The highest BCUT2D eigenvalue weighted by atomic mass is 16.3. The Kier molecular flexibility index (Phi) is 2.87. The van der Waals surface area contributed by atoms with Crippen LogP contribution >= 0.6 is 0 Å². The lowest BCUT2D eigenvalue weighted by molar-refractivity contribution is 0.475. The van der Waals surface area contributed by atoms with Crippen LogP contribution in [-0.2, 0) is 0 Å². The first-order valence-corrected chi connectivity index (χ1v) is 4.94. The predicted octanol–water partition coefficient (Wildman–Crippen LogP) is 2.73. The van der Waals surface area contributed by atoms with Crippen molar-refractivity contribution in [2.24, 2.45) is 4.99 Å². The number of aromatic hydroxyl groups is 1. The zero-order valence-electron chi connectivity index (χ0n) is 8.67. The largest absolute Gasteiger partial charge is 0.507 e. The summed E-state index contributed by atoms with van der Waals surface area (Å²) in [7, 11) is 0. The fourth-order valence-corrected chi connectivity index (χ4v) is 1.36. The summed E-state index contributed by atoms with van der Waals surface area (Å²) in [4.78, 5) is 4.23. The van der Waals surface area contributed by atoms with Crippen LogP contribution in [0, 0.1) is 0 Å². The molecule has 0 aliphatic rings. The molecule has 0 saturated carbocycles. The molecule has 0 radical (unpaired) electrons. The Morgan fingerprint density at radius 2 is 1.75 bits per heavy atom. The number of benzene rings is 2. The zero-order chi connectivity index (χ0) is 11.4. The minimum atomic E-state index is 0.139. The number of anilines is 1. The number of nitrogens with zero attached hydrogens (tertiary/aromatic N) is 1. The number of nitrogen functional groups attached to an aromatic ring is 1. The lowest BCUT2D eigenvalue weighted by Gasteiger charge is -2.01. The van der Waals surface area contributed by atoms with Crippen molar-refractivity contribution in [3.63, 3.8) is 0 Å². The van der Waals surface area contributed by atoms with Crippen molar-refractivity contribution < 1.29 is 5.11 Å². The van der Waals surface area contributed by atoms with Gasteiger partial charge in [-0.05, 0) is 24.3 Å². The van der Waals surface area contributed by atoms with E-state index in [0.717, 1.165) is 5.69 Å². The Hall–Kier alpha value is -2.29. The molecule has 0 amide bonds. The van der Waals surface area contributed by atoms with Gasteiger partial charge >= 0.3 is 0 Å². The van der Waals surface area contributed by atoms with E-state index >= 15 is 0 Å². The molecule has 0 saturated heterocycles. The van der Waals surface area contributed by atoms with E-state index in [9.17, 15) is 5.11 Å². The summed E-state index contributed by atoms with van der Waals surface area (Å²) in [6.45, 7) is 0. The number of nitrogens with two attached hydrogens (primary N) is 1. The lowest BCUT2D eigenvalue weighted by atomic mass is 10.2. The summed E-state index contributed by atoms with van der Waals surface area (Å²) in [5, 5.41) is 9.60. The molecule has 16 heavy (non-hydrogen) atoms. The Bertz CT molecular complexity index is 486. The smallest absolute Gasteiger partial charge is 0.126 e. The molecule has 80 valence electrons. The Morgan fingerprint density at radius 3 is 2.44 bits per heavy atom. The van der Waals surface area contributed by atoms with E-state index < -0.39 is 0 Å². The molecular weight excluding hydrogens is 200 g/mol. The van der Waals surface area contributed by atoms with Crippen LogP contribution < -0.4 is 5.73 Å². The van der Waals surface area contributed by atoms with Gasteiger partial charge in [0.15, 0.2) is 0 Å². The van der Waals surface area contributed by atoms with Gasteiger partial charge in [0.25, 0.3) is 0 Å². The first-order valence-electron chi connectivity index (χ1n) is 4.94. The second-order valence-electron chi connectivity index (χ2n) is 3.37. The van der Waals surface area contributed by atoms with E-state index in [1.165, 1.54) is 0 Å². The molecule has 2 aromatic carbocycles. The molecule has 3 heteroatoms. The van der Waals surface area contributed by atoms with Crippen molar-refractivity contribution in [1.29, 1.82) is 0 Å². The van der Waals surface area contributed by atoms with Crippen molar-refractivity contribution in [3.8, 4) is 5.75 Å². The third-order valence-electron chi connectivity index (χ3n) is 2.22. The van der Waals surface area contributed by atoms with Crippen LogP contribution in [0.2, 0.25) is 0 Å². The molecule has 2 aromatic rings. The Labute approximate surface area is 93.9 Å². The number of rotatable bonds is 2. The summed E-state index contributed by atoms with van der Waals surface area (Å²) in [5.41, 5.74) is 7.62. The van der Waals surface area contributed by atoms with Gasteiger partial charge in [-0.15, -0.1) is 0 Å². The van der Waals surface area contributed by atoms with Gasteiger partial charge in [0, 0.05) is 11.9 Å². The molecule has 0 spiro atoms. The quantitative estimate of drug-likeness (QED) is 0.594. The maximum Gasteiger partial charge on any atom is 0.126 e. The van der Waals surface area contributed by atoms with Gasteiger partial charge < -0.3 is 10.8 Å². The maximum absolute atomic E-state index is 9.60. The van der Waals surface area contributed by atoms with Crippen molar-refractivity contribution in [1.82, 2.24) is 0 Å². The molecule has 0 aliphatic carbocycles. The topological polar surface area (TPSA) is 58.6 Å². The van der Waals surface area contributed by atoms with Crippen LogP contribution in [0.4, 0.5) is 11.4 Å². The molecule has 0 heterocycles. The third kappa shape index (κ3) is 2.20. The van der Waals surface area contributed by atoms with Crippen molar-refractivity contribution >= 4 is 17.6 Å². The average molecular weight is 212 g/mol. The van der Waals surface area contributed by atoms with Gasteiger partial charge in [0.05, 0.1) is 11.3 Å². The third-order valence-corrected chi connectivity index (χ3v) is 2.22. The average Bonchev–Trinajstić information content (AvgIpc) is 2.30. The van der Waals surface area contributed by atoms with Gasteiger partial charge in [-0.3, -0.25) is 4.99 Å². The fraction of sp³-hybridized carbons (Fsp3) is 0. The second-order valence-corrected chi connectivity index (χ2v) is 3.37. The van der Waals surface area contributed by atoms with E-state index in [2.05, 4.69) is 4.99 Å². The van der Waals surface area contributed by atoms with Crippen molar-refractivity contribution in [2.45, 2.75) is 0 Å². The minimum absolute atomic E-state index is 0.139. The highest BCUT2D eigenvalue weighted by Crippen LogP contribution is 2.21. The van der Waals surface area contributed by atoms with Crippen molar-refractivity contribution in [2.75, 3.05) is 5.73 Å². The van der Waals surface area contributed by atoms with Crippen LogP contribution in [-0.4, -0.2) is 11.3 Å². The van der Waals surface area contributed by atoms with Gasteiger partial charge in [-0.2, -0.15) is 0 Å². The molecule has 0 unspecified atom stereocenters. The summed E-state index contributed by atoms with van der Waals surface area (Å²) >= 11 is 0. The van der Waals surface area contributed by atoms with E-state index in [0.29, 0.717) is 11.3 Å². The van der Waals surface area contributed by atoms with E-state index in [-0.39, 0.29) is 5.75 Å². The fourth-order valence-electron chi connectivity index (χ4n) is 1.36. The zero-order valence-corrected chi connectivity index (χ0v) is 8.67. The van der Waals surface area contributed by atoms with Gasteiger partial charge in [-0.1, -0.05) is 24.3 Å². The van der Waals surface area contributed by atoms with Crippen LogP contribution in [0.3, 0.4) is 0 Å². The first kappa shape index (κ1) is 10.2. The van der Waals surface area contributed by atoms with E-state index in [4.69, 9.17) is 5.73 Å². The number of para-hydroxylation sites is 1. The molecule has 0 atom stereocenters. The highest BCUT2D eigenvalue weighted by molar-refractivity contribution is 5.91. The predicted molar refractivity (Wildman–Crippen MR) is 66.2 cm³/mol. The Morgan fingerprint density at radius 1 is 1.00 bits per heavy atom. The van der Waals surface area contributed by atoms with Crippen LogP contribution in [0.25, 0.3) is 0 Å². The molecule has 0 aromatic heterocycles. The normalized spacial score (nSPS) is 10.8. The molecule has 3 nitrogen and oxygen atoms in total. The van der Waals surface area contributed by atoms with E-state index in [1.807, 2.05) is 30.3 Å².